The van der Waals surface area contributed by atoms with Gasteiger partial charge in [-0.1, -0.05) is 0 Å². The molecule has 1 heterocycles. The number of hydrogen-bond donors (Lipinski definition) is 0. The van der Waals surface area contributed by atoms with Gasteiger partial charge in [0, 0.05) is 0 Å². The van der Waals surface area contributed by atoms with E-state index in [4.69, 9.17) is 0 Å². The Bertz CT molecular complexity index is 285. The summed E-state index contributed by atoms with van der Waals surface area (Å²) in [4.78, 5) is 1.78. The van der Waals surface area contributed by atoms with Gasteiger partial charge in [0.2, 0.25) is 0 Å². The summed E-state index contributed by atoms with van der Waals surface area (Å²) in [5, 5.41) is 0. The monoisotopic (exact) mass is 290 g/mol. The Hall–Kier alpha value is -0.590. The molecule has 0 N–H and O–H groups in total. The van der Waals surface area contributed by atoms with Crippen LogP contribution in [-0.2, 0) is 0 Å². The summed E-state index contributed by atoms with van der Waals surface area (Å²) in [5.41, 5.74) is 0. The summed E-state index contributed by atoms with van der Waals surface area (Å²) < 4.78 is 73.7. The average molecular weight is 290 g/mol. The van der Waals surface area contributed by atoms with Gasteiger partial charge >= 0.3 is 39.1 Å². The zero-order valence-electron chi connectivity index (χ0n) is 9.32. The van der Waals surface area contributed by atoms with Crippen LogP contribution in [-0.4, -0.2) is 42.7 Å². The molecule has 0 aromatic heterocycles. The van der Waals surface area contributed by atoms with Crippen molar-refractivity contribution in [3.8, 4) is 0 Å². The first-order valence-electron chi connectivity index (χ1n) is 4.68. The van der Waals surface area contributed by atoms with E-state index in [1.54, 1.807) is 19.0 Å². The first-order valence-corrected chi connectivity index (χ1v) is 6.71. The number of likely N-dealkylation sites (tertiary alicyclic amines) is 1. The standard InChI is InChI=1S/C7H14FN2.F6P/c1-9(2)7(8)10-5-3-4-6-10;1-7(2,3,4,5)6/h3-6H2,1-2H3;/q+1;-1. The topological polar surface area (TPSA) is 6.25 Å². The Balaban J connectivity index is 0.000000325. The van der Waals surface area contributed by atoms with Crippen molar-refractivity contribution in [3.63, 3.8) is 0 Å². The molecule has 10 heteroatoms. The third kappa shape index (κ3) is 13.3. The zero-order chi connectivity index (χ0) is 14.0. The second-order valence-electron chi connectivity index (χ2n) is 3.82. The van der Waals surface area contributed by atoms with E-state index in [1.807, 2.05) is 0 Å². The van der Waals surface area contributed by atoms with Crippen molar-refractivity contribution in [2.75, 3.05) is 27.2 Å². The first kappa shape index (κ1) is 16.4. The van der Waals surface area contributed by atoms with Crippen molar-refractivity contribution in [1.29, 1.82) is 0 Å². The van der Waals surface area contributed by atoms with Crippen LogP contribution in [0.15, 0.2) is 0 Å². The molecule has 0 aromatic carbocycles. The molecule has 0 spiro atoms. The summed E-state index contributed by atoms with van der Waals surface area (Å²) in [6, 6.07) is 0. The first-order chi connectivity index (χ1) is 7.16. The fourth-order valence-corrected chi connectivity index (χ4v) is 1.18. The van der Waals surface area contributed by atoms with Crippen LogP contribution in [0.3, 0.4) is 0 Å². The number of halogens is 7. The van der Waals surface area contributed by atoms with Gasteiger partial charge in [0.1, 0.15) is 0 Å². The van der Waals surface area contributed by atoms with Crippen LogP contribution in [0.25, 0.3) is 0 Å². The third-order valence-electron chi connectivity index (χ3n) is 1.74. The maximum atomic E-state index is 13.0. The van der Waals surface area contributed by atoms with Crippen LogP contribution in [0.4, 0.5) is 29.6 Å². The van der Waals surface area contributed by atoms with Gasteiger partial charge in [0.15, 0.2) is 0 Å². The molecule has 0 aliphatic carbocycles. The van der Waals surface area contributed by atoms with Crippen molar-refractivity contribution in [2.24, 2.45) is 0 Å². The molecule has 0 unspecified atom stereocenters. The molecule has 1 aliphatic heterocycles. The Morgan fingerprint density at radius 1 is 0.941 bits per heavy atom. The van der Waals surface area contributed by atoms with Crippen LogP contribution in [0, 0.1) is 0 Å². The van der Waals surface area contributed by atoms with Gasteiger partial charge in [-0.25, -0.2) is 9.48 Å². The van der Waals surface area contributed by atoms with Gasteiger partial charge in [-0.05, 0) is 12.8 Å². The van der Waals surface area contributed by atoms with E-state index in [-0.39, 0.29) is 6.09 Å². The molecular weight excluding hydrogens is 276 g/mol. The van der Waals surface area contributed by atoms with Crippen LogP contribution in [0.1, 0.15) is 12.8 Å². The van der Waals surface area contributed by atoms with Gasteiger partial charge in [0.05, 0.1) is 27.2 Å². The Kier molecular flexibility index (Phi) is 4.11. The Morgan fingerprint density at radius 3 is 1.47 bits per heavy atom. The molecule has 0 saturated carbocycles. The molecule has 1 rings (SSSR count). The van der Waals surface area contributed by atoms with Gasteiger partial charge < -0.3 is 0 Å². The van der Waals surface area contributed by atoms with Gasteiger partial charge in [-0.3, -0.25) is 0 Å². The van der Waals surface area contributed by atoms with E-state index < -0.39 is 7.81 Å². The van der Waals surface area contributed by atoms with E-state index >= 15 is 0 Å². The maximum absolute atomic E-state index is 13.0. The number of hydrogen-bond acceptors (Lipinski definition) is 0. The normalized spacial score (nSPS) is 19.9. The van der Waals surface area contributed by atoms with Gasteiger partial charge in [-0.15, -0.1) is 4.39 Å². The molecule has 1 fully saturated rings. The van der Waals surface area contributed by atoms with Crippen LogP contribution in [0.5, 0.6) is 0 Å². The predicted octanol–water partition coefficient (Wildman–Crippen LogP) is 4.06. The number of amidine groups is 1. The van der Waals surface area contributed by atoms with Gasteiger partial charge in [0.25, 0.3) is 0 Å². The molecule has 0 radical (unpaired) electrons. The summed E-state index contributed by atoms with van der Waals surface area (Å²) in [6.45, 7) is 1.76. The fraction of sp³-hybridized carbons (Fsp3) is 0.857. The van der Waals surface area contributed by atoms with E-state index in [2.05, 4.69) is 0 Å². The minimum atomic E-state index is -10.7. The third-order valence-corrected chi connectivity index (χ3v) is 1.74. The molecule has 0 atom stereocenters. The minimum absolute atomic E-state index is 0.0995. The van der Waals surface area contributed by atoms with Crippen molar-refractivity contribution in [3.05, 3.63) is 0 Å². The summed E-state index contributed by atoms with van der Waals surface area (Å²) in [6.07, 6.45) is 2.15. The number of nitrogens with zero attached hydrogens (tertiary/aromatic N) is 2. The fourth-order valence-electron chi connectivity index (χ4n) is 1.18. The SMILES string of the molecule is C[N+](C)=C(F)N1CCCC1.F[P-](F)(F)(F)(F)F. The molecule has 2 nitrogen and oxygen atoms in total. The molecule has 1 aliphatic rings. The van der Waals surface area contributed by atoms with E-state index in [9.17, 15) is 29.6 Å². The number of rotatable bonds is 0. The van der Waals surface area contributed by atoms with E-state index in [0.29, 0.717) is 0 Å². The second kappa shape index (κ2) is 4.26. The average Bonchev–Trinajstić information content (AvgIpc) is 2.47. The molecule has 0 bridgehead atoms. The Labute approximate surface area is 93.9 Å². The van der Waals surface area contributed by atoms with Crippen LogP contribution < -0.4 is 0 Å². The van der Waals surface area contributed by atoms with Gasteiger partial charge in [-0.2, -0.15) is 0 Å². The molecule has 17 heavy (non-hydrogen) atoms. The van der Waals surface area contributed by atoms with Crippen molar-refractivity contribution in [2.45, 2.75) is 12.8 Å². The van der Waals surface area contributed by atoms with Crippen molar-refractivity contribution >= 4 is 13.9 Å². The second-order valence-corrected chi connectivity index (χ2v) is 5.73. The quantitative estimate of drug-likeness (QED) is 0.163. The van der Waals surface area contributed by atoms with Crippen LogP contribution in [0.2, 0.25) is 0 Å². The summed E-state index contributed by atoms with van der Waals surface area (Å²) in [7, 11) is -7.20. The molecule has 106 valence electrons. The van der Waals surface area contributed by atoms with Crippen molar-refractivity contribution < 1.29 is 34.1 Å². The van der Waals surface area contributed by atoms with Crippen LogP contribution >= 0.6 is 7.81 Å². The van der Waals surface area contributed by atoms with E-state index in [0.717, 1.165) is 25.9 Å². The molecule has 0 aromatic rings. The zero-order valence-corrected chi connectivity index (χ0v) is 10.2. The van der Waals surface area contributed by atoms with E-state index in [1.165, 1.54) is 4.58 Å². The Morgan fingerprint density at radius 2 is 1.24 bits per heavy atom. The summed E-state index contributed by atoms with van der Waals surface area (Å²) >= 11 is 0. The molecule has 0 amide bonds. The predicted molar refractivity (Wildman–Crippen MR) is 52.6 cm³/mol. The van der Waals surface area contributed by atoms with Crippen molar-refractivity contribution in [1.82, 2.24) is 4.90 Å². The molecule has 1 saturated heterocycles. The molecular formula is C7H14F7N2P. The summed E-state index contributed by atoms with van der Waals surface area (Å²) in [5.74, 6) is 0.